The summed E-state index contributed by atoms with van der Waals surface area (Å²) in [5, 5.41) is 2.30. The van der Waals surface area contributed by atoms with Crippen molar-refractivity contribution in [2.45, 2.75) is 11.8 Å². The zero-order valence-electron chi connectivity index (χ0n) is 15.5. The zero-order valence-corrected chi connectivity index (χ0v) is 17.2. The highest BCUT2D eigenvalue weighted by Crippen LogP contribution is 2.40. The van der Waals surface area contributed by atoms with Crippen LogP contribution in [0.1, 0.15) is 12.0 Å². The Morgan fingerprint density at radius 3 is 2.75 bits per heavy atom. The predicted octanol–water partition coefficient (Wildman–Crippen LogP) is 5.74. The summed E-state index contributed by atoms with van der Waals surface area (Å²) in [6.07, 6.45) is 7.97. The molecule has 3 nitrogen and oxygen atoms in total. The minimum Gasteiger partial charge on any atom is -0.456 e. The number of halogens is 1. The van der Waals surface area contributed by atoms with Crippen molar-refractivity contribution in [2.75, 3.05) is 19.6 Å². The SMILES string of the molecule is Br.C1=CC2(c3ccc(-c4cccc5oc6ccccc6c45)nc3)CCN(C1)C2. The van der Waals surface area contributed by atoms with Crippen molar-refractivity contribution in [1.82, 2.24) is 9.88 Å². The fourth-order valence-electron chi connectivity index (χ4n) is 4.80. The summed E-state index contributed by atoms with van der Waals surface area (Å²) in [5.41, 5.74) is 5.45. The molecule has 0 amide bonds. The van der Waals surface area contributed by atoms with Crippen LogP contribution in [-0.4, -0.2) is 29.5 Å². The molecule has 0 aliphatic carbocycles. The number of pyridine rings is 1. The average Bonchev–Trinajstić information content (AvgIpc) is 3.25. The lowest BCUT2D eigenvalue weighted by molar-refractivity contribution is 0.345. The molecule has 2 unspecified atom stereocenters. The number of nitrogens with zero attached hydrogens (tertiary/aromatic N) is 2. The minimum atomic E-state index is 0. The molecule has 6 rings (SSSR count). The first-order chi connectivity index (χ1) is 13.3. The third-order valence-corrected chi connectivity index (χ3v) is 6.20. The second kappa shape index (κ2) is 6.57. The minimum absolute atomic E-state index is 0. The summed E-state index contributed by atoms with van der Waals surface area (Å²) in [6.45, 7) is 3.38. The van der Waals surface area contributed by atoms with Crippen molar-refractivity contribution in [3.05, 3.63) is 78.5 Å². The summed E-state index contributed by atoms with van der Waals surface area (Å²) in [4.78, 5) is 7.40. The smallest absolute Gasteiger partial charge is 0.136 e. The summed E-state index contributed by atoms with van der Waals surface area (Å²) in [5.74, 6) is 0. The number of rotatable bonds is 2. The van der Waals surface area contributed by atoms with E-state index in [0.717, 1.165) is 46.3 Å². The van der Waals surface area contributed by atoms with Crippen molar-refractivity contribution < 1.29 is 4.42 Å². The van der Waals surface area contributed by atoms with Gasteiger partial charge in [0.05, 0.1) is 5.69 Å². The Labute approximate surface area is 174 Å². The Balaban J connectivity index is 0.00000171. The number of hydrogen-bond donors (Lipinski definition) is 0. The van der Waals surface area contributed by atoms with Gasteiger partial charge in [-0.2, -0.15) is 0 Å². The summed E-state index contributed by atoms with van der Waals surface area (Å²) < 4.78 is 6.03. The van der Waals surface area contributed by atoms with Crippen LogP contribution in [0.25, 0.3) is 33.2 Å². The topological polar surface area (TPSA) is 29.3 Å². The molecule has 2 aromatic carbocycles. The molecule has 0 radical (unpaired) electrons. The highest BCUT2D eigenvalue weighted by molar-refractivity contribution is 8.93. The van der Waals surface area contributed by atoms with Crippen LogP contribution in [0.3, 0.4) is 0 Å². The Hall–Kier alpha value is -2.43. The lowest BCUT2D eigenvalue weighted by atomic mass is 9.79. The fourth-order valence-corrected chi connectivity index (χ4v) is 4.80. The number of para-hydroxylation sites is 1. The van der Waals surface area contributed by atoms with Gasteiger partial charge in [-0.3, -0.25) is 9.88 Å². The molecule has 140 valence electrons. The molecule has 0 N–H and O–H groups in total. The number of hydrogen-bond acceptors (Lipinski definition) is 3. The van der Waals surface area contributed by atoms with Gasteiger partial charge in [0.25, 0.3) is 0 Å². The van der Waals surface area contributed by atoms with E-state index in [1.165, 1.54) is 18.5 Å². The van der Waals surface area contributed by atoms with Crippen LogP contribution >= 0.6 is 17.0 Å². The molecule has 2 aliphatic heterocycles. The third-order valence-electron chi connectivity index (χ3n) is 6.20. The van der Waals surface area contributed by atoms with Crippen LogP contribution in [0.5, 0.6) is 0 Å². The van der Waals surface area contributed by atoms with Crippen LogP contribution in [0.4, 0.5) is 0 Å². The number of benzene rings is 2. The van der Waals surface area contributed by atoms with Crippen molar-refractivity contribution in [2.24, 2.45) is 0 Å². The second-order valence-corrected chi connectivity index (χ2v) is 7.75. The van der Waals surface area contributed by atoms with Gasteiger partial charge in [-0.15, -0.1) is 17.0 Å². The molecule has 28 heavy (non-hydrogen) atoms. The van der Waals surface area contributed by atoms with Crippen LogP contribution in [0.15, 0.2) is 77.4 Å². The average molecular weight is 433 g/mol. The Kier molecular flexibility index (Phi) is 4.14. The monoisotopic (exact) mass is 432 g/mol. The summed E-state index contributed by atoms with van der Waals surface area (Å²) >= 11 is 0. The van der Waals surface area contributed by atoms with Gasteiger partial charge in [0.15, 0.2) is 0 Å². The summed E-state index contributed by atoms with van der Waals surface area (Å²) in [6, 6.07) is 18.9. The quantitative estimate of drug-likeness (QED) is 0.378. The maximum Gasteiger partial charge on any atom is 0.136 e. The highest BCUT2D eigenvalue weighted by atomic mass is 79.9. The van der Waals surface area contributed by atoms with Crippen LogP contribution in [0.2, 0.25) is 0 Å². The molecule has 4 heterocycles. The van der Waals surface area contributed by atoms with Crippen molar-refractivity contribution >= 4 is 38.9 Å². The van der Waals surface area contributed by atoms with Gasteiger partial charge in [-0.1, -0.05) is 48.6 Å². The largest absolute Gasteiger partial charge is 0.456 e. The molecule has 0 saturated carbocycles. The maximum absolute atomic E-state index is 6.03. The van der Waals surface area contributed by atoms with Crippen molar-refractivity contribution in [1.29, 1.82) is 0 Å². The van der Waals surface area contributed by atoms with Gasteiger partial charge >= 0.3 is 0 Å². The number of furan rings is 1. The lowest BCUT2D eigenvalue weighted by Gasteiger charge is -2.29. The highest BCUT2D eigenvalue weighted by Gasteiger charge is 2.39. The molecule has 2 aliphatic rings. The van der Waals surface area contributed by atoms with E-state index in [0.29, 0.717) is 0 Å². The maximum atomic E-state index is 6.03. The molecule has 2 atom stereocenters. The summed E-state index contributed by atoms with van der Waals surface area (Å²) in [7, 11) is 0. The van der Waals surface area contributed by atoms with Gasteiger partial charge in [0.2, 0.25) is 0 Å². The molecular weight excluding hydrogens is 412 g/mol. The molecule has 2 aromatic heterocycles. The number of fused-ring (bicyclic) bond motifs is 5. The molecule has 4 aromatic rings. The Morgan fingerprint density at radius 2 is 1.86 bits per heavy atom. The van der Waals surface area contributed by atoms with Gasteiger partial charge < -0.3 is 4.42 Å². The van der Waals surface area contributed by atoms with E-state index in [9.17, 15) is 0 Å². The van der Waals surface area contributed by atoms with Gasteiger partial charge in [0, 0.05) is 41.0 Å². The van der Waals surface area contributed by atoms with E-state index in [1.807, 2.05) is 24.3 Å². The standard InChI is InChI=1S/C24H20N2O.BrH/c1-2-7-21-19(5-1)23-18(6-3-8-22(23)27-21)20-10-9-17(15-25-20)24-11-4-13-26(16-24)14-12-24;/h1-11,15H,12-14,16H2;1H. The van der Waals surface area contributed by atoms with E-state index in [1.54, 1.807) is 0 Å². The lowest BCUT2D eigenvalue weighted by Crippen LogP contribution is -2.33. The molecule has 1 saturated heterocycles. The van der Waals surface area contributed by atoms with Crippen LogP contribution in [-0.2, 0) is 5.41 Å². The first-order valence-corrected chi connectivity index (χ1v) is 9.60. The van der Waals surface area contributed by atoms with Gasteiger partial charge in [-0.25, -0.2) is 0 Å². The molecular formula is C24H21BrN2O. The van der Waals surface area contributed by atoms with E-state index < -0.39 is 0 Å². The Morgan fingerprint density at radius 1 is 0.964 bits per heavy atom. The zero-order chi connectivity index (χ0) is 17.8. The van der Waals surface area contributed by atoms with Gasteiger partial charge in [-0.05, 0) is 36.7 Å². The van der Waals surface area contributed by atoms with E-state index in [2.05, 4.69) is 53.6 Å². The van der Waals surface area contributed by atoms with Gasteiger partial charge in [0.1, 0.15) is 11.2 Å². The van der Waals surface area contributed by atoms with Crippen LogP contribution < -0.4 is 0 Å². The fraction of sp³-hybridized carbons (Fsp3) is 0.208. The second-order valence-electron chi connectivity index (χ2n) is 7.75. The first kappa shape index (κ1) is 17.7. The van der Waals surface area contributed by atoms with Crippen molar-refractivity contribution in [3.63, 3.8) is 0 Å². The normalized spacial score (nSPS) is 23.2. The van der Waals surface area contributed by atoms with E-state index in [4.69, 9.17) is 9.40 Å². The van der Waals surface area contributed by atoms with E-state index in [-0.39, 0.29) is 22.4 Å². The molecule has 2 bridgehead atoms. The van der Waals surface area contributed by atoms with Crippen molar-refractivity contribution in [3.8, 4) is 11.3 Å². The number of aromatic nitrogens is 1. The first-order valence-electron chi connectivity index (χ1n) is 9.60. The molecule has 1 fully saturated rings. The third kappa shape index (κ3) is 2.55. The Bertz CT molecular complexity index is 1190. The predicted molar refractivity (Wildman–Crippen MR) is 119 cm³/mol. The van der Waals surface area contributed by atoms with Crippen LogP contribution in [0, 0.1) is 0 Å². The van der Waals surface area contributed by atoms with E-state index >= 15 is 0 Å². The molecule has 4 heteroatoms. The molecule has 0 spiro atoms.